The van der Waals surface area contributed by atoms with Crippen LogP contribution in [0.2, 0.25) is 4.34 Å². The zero-order valence-corrected chi connectivity index (χ0v) is 13.0. The minimum absolute atomic E-state index is 0.0530. The van der Waals surface area contributed by atoms with Crippen molar-refractivity contribution in [2.45, 2.75) is 6.54 Å². The predicted molar refractivity (Wildman–Crippen MR) is 81.1 cm³/mol. The molecule has 5 nitrogen and oxygen atoms in total. The Labute approximate surface area is 128 Å². The summed E-state index contributed by atoms with van der Waals surface area (Å²) in [5.41, 5.74) is 5.32. The van der Waals surface area contributed by atoms with E-state index in [0.29, 0.717) is 13.2 Å². The van der Waals surface area contributed by atoms with Crippen molar-refractivity contribution in [1.29, 1.82) is 0 Å². The molecule has 2 N–H and O–H groups in total. The smallest absolute Gasteiger partial charge is 0.248 e. The molecule has 20 heavy (non-hydrogen) atoms. The second kappa shape index (κ2) is 7.95. The minimum atomic E-state index is 0.0530. The highest BCUT2D eigenvalue weighted by Gasteiger charge is 2.21. The maximum Gasteiger partial charge on any atom is 0.248 e. The molecular formula is C13H20ClN3O2S. The summed E-state index contributed by atoms with van der Waals surface area (Å²) in [7, 11) is 0. The highest BCUT2D eigenvalue weighted by atomic mass is 35.5. The monoisotopic (exact) mass is 317 g/mol. The Morgan fingerprint density at radius 3 is 2.70 bits per heavy atom. The first-order valence-corrected chi connectivity index (χ1v) is 7.90. The van der Waals surface area contributed by atoms with Gasteiger partial charge in [-0.3, -0.25) is 9.69 Å². The lowest BCUT2D eigenvalue weighted by atomic mass is 10.3. The maximum absolute atomic E-state index is 11.9. The van der Waals surface area contributed by atoms with E-state index in [1.165, 1.54) is 4.88 Å². The second-order valence-corrected chi connectivity index (χ2v) is 6.50. The zero-order chi connectivity index (χ0) is 14.4. The molecule has 0 atom stereocenters. The molecule has 1 aromatic rings. The molecule has 0 aliphatic carbocycles. The standard InChI is InChI=1S/C13H20ClN3O2S/c14-12-2-1-11(20-12)9-16-4-6-17(7-5-16)13(18)10-19-8-3-15/h1-2H,3-10,15H2. The summed E-state index contributed by atoms with van der Waals surface area (Å²) in [6.07, 6.45) is 0. The fourth-order valence-corrected chi connectivity index (χ4v) is 3.28. The number of rotatable bonds is 6. The Morgan fingerprint density at radius 1 is 1.35 bits per heavy atom. The molecule has 1 aliphatic heterocycles. The fraction of sp³-hybridized carbons (Fsp3) is 0.615. The average Bonchev–Trinajstić information content (AvgIpc) is 2.85. The van der Waals surface area contributed by atoms with Gasteiger partial charge in [-0.2, -0.15) is 0 Å². The van der Waals surface area contributed by atoms with Crippen LogP contribution in [-0.2, 0) is 16.1 Å². The maximum atomic E-state index is 11.9. The Kier molecular flexibility index (Phi) is 6.25. The van der Waals surface area contributed by atoms with E-state index < -0.39 is 0 Å². The van der Waals surface area contributed by atoms with Crippen molar-refractivity contribution in [1.82, 2.24) is 9.80 Å². The summed E-state index contributed by atoms with van der Waals surface area (Å²) >= 11 is 7.54. The van der Waals surface area contributed by atoms with Crippen LogP contribution < -0.4 is 5.73 Å². The molecule has 112 valence electrons. The lowest BCUT2D eigenvalue weighted by molar-refractivity contribution is -0.137. The van der Waals surface area contributed by atoms with Gasteiger partial charge in [0.15, 0.2) is 0 Å². The number of thiophene rings is 1. The first-order chi connectivity index (χ1) is 9.69. The van der Waals surface area contributed by atoms with Crippen LogP contribution in [-0.4, -0.2) is 61.6 Å². The summed E-state index contributed by atoms with van der Waals surface area (Å²) in [6, 6.07) is 3.99. The van der Waals surface area contributed by atoms with Crippen molar-refractivity contribution in [3.63, 3.8) is 0 Å². The van der Waals surface area contributed by atoms with Crippen LogP contribution >= 0.6 is 22.9 Å². The van der Waals surface area contributed by atoms with Gasteiger partial charge in [-0.25, -0.2) is 0 Å². The van der Waals surface area contributed by atoms with Gasteiger partial charge in [0.05, 0.1) is 10.9 Å². The highest BCUT2D eigenvalue weighted by molar-refractivity contribution is 7.16. The number of nitrogens with two attached hydrogens (primary N) is 1. The number of hydrogen-bond acceptors (Lipinski definition) is 5. The van der Waals surface area contributed by atoms with Crippen molar-refractivity contribution in [3.8, 4) is 0 Å². The molecule has 7 heteroatoms. The van der Waals surface area contributed by atoms with E-state index in [0.717, 1.165) is 37.1 Å². The third kappa shape index (κ3) is 4.71. The largest absolute Gasteiger partial charge is 0.370 e. The van der Waals surface area contributed by atoms with E-state index in [2.05, 4.69) is 11.0 Å². The topological polar surface area (TPSA) is 58.8 Å². The van der Waals surface area contributed by atoms with Gasteiger partial charge in [0, 0.05) is 44.1 Å². The van der Waals surface area contributed by atoms with Crippen molar-refractivity contribution < 1.29 is 9.53 Å². The van der Waals surface area contributed by atoms with Gasteiger partial charge >= 0.3 is 0 Å². The van der Waals surface area contributed by atoms with Crippen LogP contribution in [0.3, 0.4) is 0 Å². The molecule has 0 unspecified atom stereocenters. The average molecular weight is 318 g/mol. The van der Waals surface area contributed by atoms with E-state index in [4.69, 9.17) is 22.1 Å². The van der Waals surface area contributed by atoms with Crippen LogP contribution in [0.1, 0.15) is 4.88 Å². The lowest BCUT2D eigenvalue weighted by Crippen LogP contribution is -2.49. The van der Waals surface area contributed by atoms with Crippen LogP contribution in [0.4, 0.5) is 0 Å². The second-order valence-electron chi connectivity index (χ2n) is 4.70. The van der Waals surface area contributed by atoms with Gasteiger partial charge in [0.2, 0.25) is 5.91 Å². The molecule has 2 heterocycles. The molecule has 0 saturated carbocycles. The minimum Gasteiger partial charge on any atom is -0.370 e. The van der Waals surface area contributed by atoms with E-state index in [1.807, 2.05) is 11.0 Å². The Bertz CT molecular complexity index is 433. The van der Waals surface area contributed by atoms with E-state index in [9.17, 15) is 4.79 Å². The molecule has 0 aromatic carbocycles. The number of halogens is 1. The summed E-state index contributed by atoms with van der Waals surface area (Å²) in [5, 5.41) is 0. The quantitative estimate of drug-likeness (QED) is 0.796. The third-order valence-corrected chi connectivity index (χ3v) is 4.44. The summed E-state index contributed by atoms with van der Waals surface area (Å²) in [5.74, 6) is 0.0530. The number of carbonyl (C=O) groups is 1. The van der Waals surface area contributed by atoms with Crippen molar-refractivity contribution >= 4 is 28.8 Å². The highest BCUT2D eigenvalue weighted by Crippen LogP contribution is 2.23. The molecule has 1 fully saturated rings. The van der Waals surface area contributed by atoms with Crippen molar-refractivity contribution in [2.75, 3.05) is 45.9 Å². The van der Waals surface area contributed by atoms with Crippen LogP contribution in [0, 0.1) is 0 Å². The number of ether oxygens (including phenoxy) is 1. The molecule has 1 saturated heterocycles. The first-order valence-electron chi connectivity index (χ1n) is 6.71. The van der Waals surface area contributed by atoms with Crippen LogP contribution in [0.25, 0.3) is 0 Å². The van der Waals surface area contributed by atoms with E-state index in [-0.39, 0.29) is 12.5 Å². The SMILES string of the molecule is NCCOCC(=O)N1CCN(Cc2ccc(Cl)s2)CC1. The Balaban J connectivity index is 1.70. The molecule has 2 rings (SSSR count). The lowest BCUT2D eigenvalue weighted by Gasteiger charge is -2.34. The fourth-order valence-electron chi connectivity index (χ4n) is 2.15. The predicted octanol–water partition coefficient (Wildman–Crippen LogP) is 1.02. The molecular weight excluding hydrogens is 298 g/mol. The summed E-state index contributed by atoms with van der Waals surface area (Å²) in [4.78, 5) is 17.3. The molecule has 1 aliphatic rings. The molecule has 0 radical (unpaired) electrons. The van der Waals surface area contributed by atoms with Gasteiger partial charge in [-0.1, -0.05) is 11.6 Å². The van der Waals surface area contributed by atoms with Gasteiger partial charge in [0.25, 0.3) is 0 Å². The third-order valence-electron chi connectivity index (χ3n) is 3.22. The number of piperazine rings is 1. The molecule has 1 amide bonds. The number of carbonyl (C=O) groups excluding carboxylic acids is 1. The van der Waals surface area contributed by atoms with Crippen molar-refractivity contribution in [3.05, 3.63) is 21.3 Å². The zero-order valence-electron chi connectivity index (χ0n) is 11.4. The summed E-state index contributed by atoms with van der Waals surface area (Å²) < 4.78 is 6.01. The number of nitrogens with zero attached hydrogens (tertiary/aromatic N) is 2. The Morgan fingerprint density at radius 2 is 2.10 bits per heavy atom. The molecule has 0 bridgehead atoms. The van der Waals surface area contributed by atoms with E-state index >= 15 is 0 Å². The number of amides is 1. The molecule has 1 aromatic heterocycles. The number of hydrogen-bond donors (Lipinski definition) is 1. The van der Waals surface area contributed by atoms with Gasteiger partial charge in [-0.15, -0.1) is 11.3 Å². The normalized spacial score (nSPS) is 16.6. The van der Waals surface area contributed by atoms with Gasteiger partial charge in [-0.05, 0) is 12.1 Å². The molecule has 0 spiro atoms. The van der Waals surface area contributed by atoms with Crippen molar-refractivity contribution in [2.24, 2.45) is 5.73 Å². The Hall–Kier alpha value is -0.660. The van der Waals surface area contributed by atoms with Crippen LogP contribution in [0.15, 0.2) is 12.1 Å². The summed E-state index contributed by atoms with van der Waals surface area (Å²) in [6.45, 7) is 5.21. The van der Waals surface area contributed by atoms with Crippen LogP contribution in [0.5, 0.6) is 0 Å². The van der Waals surface area contributed by atoms with Gasteiger partial charge < -0.3 is 15.4 Å². The first kappa shape index (κ1) is 15.7. The van der Waals surface area contributed by atoms with Gasteiger partial charge in [0.1, 0.15) is 6.61 Å². The van der Waals surface area contributed by atoms with E-state index in [1.54, 1.807) is 11.3 Å².